The first-order valence-corrected chi connectivity index (χ1v) is 7.66. The summed E-state index contributed by atoms with van der Waals surface area (Å²) in [6.07, 6.45) is 2.11. The van der Waals surface area contributed by atoms with E-state index in [4.69, 9.17) is 10.8 Å². The third-order valence-electron chi connectivity index (χ3n) is 2.67. The molecule has 1 rings (SSSR count). The Morgan fingerprint density at radius 3 is 2.52 bits per heavy atom. The summed E-state index contributed by atoms with van der Waals surface area (Å²) in [7, 11) is -4.19. The molecule has 9 nitrogen and oxygen atoms in total. The van der Waals surface area contributed by atoms with E-state index in [-0.39, 0.29) is 5.03 Å². The number of nitrogens with zero attached hydrogens (tertiary/aromatic N) is 3. The zero-order valence-electron chi connectivity index (χ0n) is 11.8. The Morgan fingerprint density at radius 1 is 1.43 bits per heavy atom. The second-order valence-electron chi connectivity index (χ2n) is 4.45. The van der Waals surface area contributed by atoms with Crippen LogP contribution in [-0.4, -0.2) is 52.3 Å². The van der Waals surface area contributed by atoms with E-state index < -0.39 is 35.0 Å². The number of carbonyl (C=O) groups is 2. The number of nitrogens with two attached hydrogens (primary N) is 1. The highest BCUT2D eigenvalue weighted by Gasteiger charge is 2.30. The highest BCUT2D eigenvalue weighted by molar-refractivity contribution is 7.89. The molecule has 10 heteroatoms. The number of hydrogen-bond acceptors (Lipinski definition) is 5. The van der Waals surface area contributed by atoms with Crippen molar-refractivity contribution in [3.63, 3.8) is 0 Å². The molecule has 1 aromatic heterocycles. The summed E-state index contributed by atoms with van der Waals surface area (Å²) in [6, 6.07) is 0. The molecule has 0 radical (unpaired) electrons. The summed E-state index contributed by atoms with van der Waals surface area (Å²) in [4.78, 5) is 25.6. The van der Waals surface area contributed by atoms with E-state index >= 15 is 0 Å². The monoisotopic (exact) mass is 318 g/mol. The van der Waals surface area contributed by atoms with Crippen LogP contribution >= 0.6 is 0 Å². The van der Waals surface area contributed by atoms with Gasteiger partial charge in [-0.05, 0) is 13.3 Å². The molecule has 1 aromatic rings. The number of aliphatic carboxylic acids is 1. The molecule has 0 bridgehead atoms. The summed E-state index contributed by atoms with van der Waals surface area (Å²) in [5.74, 6) is -1.83. The van der Waals surface area contributed by atoms with Gasteiger partial charge in [0, 0.05) is 12.7 Å². The standard InChI is InChI=1S/C11H18N4O5S/c1-3-4-14-6-10(13-8(14)2)21(19,20)15(5-9(12)16)7-11(17)18/h6H,3-5,7H2,1-2H3,(H2,12,16)(H,17,18). The lowest BCUT2D eigenvalue weighted by Crippen LogP contribution is -2.41. The molecule has 1 heterocycles. The second-order valence-corrected chi connectivity index (χ2v) is 6.34. The number of carboxylic acid groups (broad SMARTS) is 1. The van der Waals surface area contributed by atoms with Gasteiger partial charge in [0.1, 0.15) is 12.4 Å². The first-order chi connectivity index (χ1) is 9.68. The summed E-state index contributed by atoms with van der Waals surface area (Å²) in [5.41, 5.74) is 4.96. The fourth-order valence-electron chi connectivity index (χ4n) is 1.75. The summed E-state index contributed by atoms with van der Waals surface area (Å²) >= 11 is 0. The van der Waals surface area contributed by atoms with Crippen LogP contribution in [-0.2, 0) is 26.2 Å². The number of hydrogen-bond donors (Lipinski definition) is 2. The maximum Gasteiger partial charge on any atom is 0.318 e. The average molecular weight is 318 g/mol. The van der Waals surface area contributed by atoms with Crippen molar-refractivity contribution in [1.29, 1.82) is 0 Å². The van der Waals surface area contributed by atoms with Crippen LogP contribution in [0.15, 0.2) is 11.2 Å². The molecular formula is C11H18N4O5S. The van der Waals surface area contributed by atoms with Gasteiger partial charge in [0.05, 0.1) is 6.54 Å². The van der Waals surface area contributed by atoms with Gasteiger partial charge >= 0.3 is 5.97 Å². The van der Waals surface area contributed by atoms with Crippen molar-refractivity contribution in [1.82, 2.24) is 13.9 Å². The van der Waals surface area contributed by atoms with Crippen LogP contribution in [0.3, 0.4) is 0 Å². The Kier molecular flexibility index (Phi) is 5.44. The van der Waals surface area contributed by atoms with Gasteiger partial charge in [0.2, 0.25) is 5.91 Å². The number of amides is 1. The number of imidazole rings is 1. The molecule has 0 aliphatic heterocycles. The van der Waals surface area contributed by atoms with Gasteiger partial charge < -0.3 is 15.4 Å². The Hall–Kier alpha value is -1.94. The lowest BCUT2D eigenvalue weighted by atomic mass is 10.5. The smallest absolute Gasteiger partial charge is 0.318 e. The first kappa shape index (κ1) is 17.1. The Morgan fingerprint density at radius 2 is 2.05 bits per heavy atom. The van der Waals surface area contributed by atoms with Crippen molar-refractivity contribution < 1.29 is 23.1 Å². The van der Waals surface area contributed by atoms with E-state index in [1.54, 1.807) is 11.5 Å². The molecule has 0 atom stereocenters. The van der Waals surface area contributed by atoms with Crippen molar-refractivity contribution in [3.8, 4) is 0 Å². The van der Waals surface area contributed by atoms with E-state index in [2.05, 4.69) is 4.98 Å². The molecule has 0 aliphatic carbocycles. The fraction of sp³-hybridized carbons (Fsp3) is 0.545. The number of primary amides is 1. The summed E-state index contributed by atoms with van der Waals surface area (Å²) in [6.45, 7) is 2.59. The molecule has 0 unspecified atom stereocenters. The molecule has 0 spiro atoms. The van der Waals surface area contributed by atoms with Crippen molar-refractivity contribution >= 4 is 21.9 Å². The second kappa shape index (κ2) is 6.68. The molecule has 21 heavy (non-hydrogen) atoms. The number of aryl methyl sites for hydroxylation is 2. The first-order valence-electron chi connectivity index (χ1n) is 6.22. The Labute approximate surface area is 122 Å². The number of rotatable bonds is 8. The maximum atomic E-state index is 12.4. The van der Waals surface area contributed by atoms with Crippen LogP contribution in [0.4, 0.5) is 0 Å². The van der Waals surface area contributed by atoms with E-state index in [1.165, 1.54) is 6.20 Å². The zero-order valence-corrected chi connectivity index (χ0v) is 12.6. The topological polar surface area (TPSA) is 136 Å². The molecule has 0 aromatic carbocycles. The zero-order chi connectivity index (χ0) is 16.2. The van der Waals surface area contributed by atoms with E-state index in [1.807, 2.05) is 6.92 Å². The van der Waals surface area contributed by atoms with Crippen molar-refractivity contribution in [3.05, 3.63) is 12.0 Å². The average Bonchev–Trinajstić information content (AvgIpc) is 2.70. The van der Waals surface area contributed by atoms with Gasteiger partial charge in [-0.3, -0.25) is 9.59 Å². The lowest BCUT2D eigenvalue weighted by molar-refractivity contribution is -0.137. The third-order valence-corrected chi connectivity index (χ3v) is 4.33. The largest absolute Gasteiger partial charge is 0.480 e. The van der Waals surface area contributed by atoms with Crippen LogP contribution in [0.1, 0.15) is 19.2 Å². The Bertz CT molecular complexity index is 621. The number of aromatic nitrogens is 2. The molecule has 118 valence electrons. The van der Waals surface area contributed by atoms with Crippen molar-refractivity contribution in [2.75, 3.05) is 13.1 Å². The summed E-state index contributed by atoms with van der Waals surface area (Å²) < 4.78 is 26.8. The fourth-order valence-corrected chi connectivity index (χ4v) is 3.10. The number of carboxylic acids is 1. The molecule has 0 saturated heterocycles. The van der Waals surface area contributed by atoms with E-state index in [9.17, 15) is 18.0 Å². The predicted molar refractivity (Wildman–Crippen MR) is 72.8 cm³/mol. The van der Waals surface area contributed by atoms with Gasteiger partial charge in [0.15, 0.2) is 5.03 Å². The van der Waals surface area contributed by atoms with Gasteiger partial charge in [-0.25, -0.2) is 13.4 Å². The van der Waals surface area contributed by atoms with Crippen LogP contribution in [0.5, 0.6) is 0 Å². The van der Waals surface area contributed by atoms with E-state index in [0.29, 0.717) is 16.7 Å². The van der Waals surface area contributed by atoms with Gasteiger partial charge in [-0.2, -0.15) is 4.31 Å². The van der Waals surface area contributed by atoms with E-state index in [0.717, 1.165) is 6.42 Å². The lowest BCUT2D eigenvalue weighted by Gasteiger charge is -2.16. The van der Waals surface area contributed by atoms with Crippen LogP contribution < -0.4 is 5.73 Å². The normalized spacial score (nSPS) is 11.8. The van der Waals surface area contributed by atoms with Gasteiger partial charge in [-0.1, -0.05) is 6.92 Å². The molecule has 1 amide bonds. The minimum absolute atomic E-state index is 0.295. The SMILES string of the molecule is CCCn1cc(S(=O)(=O)N(CC(N)=O)CC(=O)O)nc1C. The minimum atomic E-state index is -4.19. The van der Waals surface area contributed by atoms with Gasteiger partial charge in [-0.15, -0.1) is 0 Å². The molecule has 0 fully saturated rings. The molecule has 3 N–H and O–H groups in total. The third kappa shape index (κ3) is 4.26. The van der Waals surface area contributed by atoms with Gasteiger partial charge in [0.25, 0.3) is 10.0 Å². The number of carbonyl (C=O) groups excluding carboxylic acids is 1. The van der Waals surface area contributed by atoms with Crippen LogP contribution in [0, 0.1) is 6.92 Å². The molecule has 0 aliphatic rings. The highest BCUT2D eigenvalue weighted by Crippen LogP contribution is 2.15. The maximum absolute atomic E-state index is 12.4. The quantitative estimate of drug-likeness (QED) is 0.641. The van der Waals surface area contributed by atoms with Crippen LogP contribution in [0.25, 0.3) is 0 Å². The van der Waals surface area contributed by atoms with Crippen molar-refractivity contribution in [2.45, 2.75) is 31.8 Å². The molecule has 0 saturated carbocycles. The van der Waals surface area contributed by atoms with Crippen LogP contribution in [0.2, 0.25) is 0 Å². The highest BCUT2D eigenvalue weighted by atomic mass is 32.2. The minimum Gasteiger partial charge on any atom is -0.480 e. The number of sulfonamides is 1. The predicted octanol–water partition coefficient (Wildman–Crippen LogP) is -0.838. The van der Waals surface area contributed by atoms with Crippen molar-refractivity contribution in [2.24, 2.45) is 5.73 Å². The molecular weight excluding hydrogens is 300 g/mol. The Balaban J connectivity index is 3.18. The summed E-state index contributed by atoms with van der Waals surface area (Å²) in [5, 5.41) is 8.47.